The van der Waals surface area contributed by atoms with Gasteiger partial charge in [0, 0.05) is 49.5 Å². The zero-order chi connectivity index (χ0) is 25.1. The van der Waals surface area contributed by atoms with Gasteiger partial charge in [-0.15, -0.1) is 0 Å². The Morgan fingerprint density at radius 2 is 2.14 bits per heavy atom. The molecule has 5 rings (SSSR count). The summed E-state index contributed by atoms with van der Waals surface area (Å²) in [7, 11) is 0. The highest BCUT2D eigenvalue weighted by Gasteiger charge is 2.26. The molecule has 1 fully saturated rings. The summed E-state index contributed by atoms with van der Waals surface area (Å²) in [6.45, 7) is 7.89. The largest absolute Gasteiger partial charge is 0.481 e. The van der Waals surface area contributed by atoms with Crippen molar-refractivity contribution in [1.82, 2.24) is 25.0 Å². The molecule has 8 heteroatoms. The van der Waals surface area contributed by atoms with Gasteiger partial charge in [-0.05, 0) is 75.0 Å². The van der Waals surface area contributed by atoms with Gasteiger partial charge in [-0.1, -0.05) is 18.2 Å². The van der Waals surface area contributed by atoms with Crippen LogP contribution < -0.4 is 10.6 Å². The standard InChI is InChI=1S/C28H36N6O2/c1-19-15-20(2)34(32-19)25-7-3-5-22(16-25)26(17-27(35)36)30-24-11-14-33(18-24)13-10-23-9-8-21-6-4-12-29-28(21)31-23/h3,5,7-9,15-16,24,26,30H,4,6,10-14,17-18H2,1-2H3,(H,29,31)(H,35,36). The Balaban J connectivity index is 1.21. The van der Waals surface area contributed by atoms with Crippen molar-refractivity contribution in [3.8, 4) is 5.69 Å². The molecule has 0 amide bonds. The first kappa shape index (κ1) is 24.5. The van der Waals surface area contributed by atoms with Crippen molar-refractivity contribution >= 4 is 11.8 Å². The fraction of sp³-hybridized carbons (Fsp3) is 0.464. The number of pyridine rings is 1. The van der Waals surface area contributed by atoms with E-state index in [0.717, 1.165) is 79.6 Å². The lowest BCUT2D eigenvalue weighted by atomic mass is 10.0. The Kier molecular flexibility index (Phi) is 7.34. The normalized spacial score (nSPS) is 18.6. The second-order valence-electron chi connectivity index (χ2n) is 10.1. The zero-order valence-electron chi connectivity index (χ0n) is 21.2. The fourth-order valence-electron chi connectivity index (χ4n) is 5.45. The van der Waals surface area contributed by atoms with Gasteiger partial charge in [0.15, 0.2) is 0 Å². The van der Waals surface area contributed by atoms with Gasteiger partial charge in [0.1, 0.15) is 5.82 Å². The van der Waals surface area contributed by atoms with E-state index in [2.05, 4.69) is 38.8 Å². The van der Waals surface area contributed by atoms with Crippen LogP contribution in [0, 0.1) is 13.8 Å². The summed E-state index contributed by atoms with van der Waals surface area (Å²) >= 11 is 0. The number of rotatable bonds is 9. The molecule has 2 aliphatic heterocycles. The monoisotopic (exact) mass is 488 g/mol. The number of anilines is 1. The average molecular weight is 489 g/mol. The van der Waals surface area contributed by atoms with Crippen LogP contribution in [-0.4, -0.2) is 63.0 Å². The van der Waals surface area contributed by atoms with Crippen LogP contribution >= 0.6 is 0 Å². The summed E-state index contributed by atoms with van der Waals surface area (Å²) in [5.74, 6) is 0.255. The first-order chi connectivity index (χ1) is 17.4. The molecular weight excluding hydrogens is 452 g/mol. The molecule has 190 valence electrons. The van der Waals surface area contributed by atoms with E-state index in [0.29, 0.717) is 0 Å². The molecule has 0 bridgehead atoms. The first-order valence-corrected chi connectivity index (χ1v) is 13.0. The van der Waals surface area contributed by atoms with Crippen molar-refractivity contribution in [2.75, 3.05) is 31.5 Å². The number of fused-ring (bicyclic) bond motifs is 1. The van der Waals surface area contributed by atoms with Gasteiger partial charge in [-0.2, -0.15) is 5.10 Å². The number of nitrogens with zero attached hydrogens (tertiary/aromatic N) is 4. The molecule has 4 heterocycles. The van der Waals surface area contributed by atoms with E-state index < -0.39 is 5.97 Å². The number of carbonyl (C=O) groups is 1. The maximum Gasteiger partial charge on any atom is 0.305 e. The molecule has 0 saturated carbocycles. The Morgan fingerprint density at radius 1 is 1.25 bits per heavy atom. The van der Waals surface area contributed by atoms with E-state index in [4.69, 9.17) is 4.98 Å². The number of hydrogen-bond donors (Lipinski definition) is 3. The maximum atomic E-state index is 11.7. The molecule has 8 nitrogen and oxygen atoms in total. The quantitative estimate of drug-likeness (QED) is 0.423. The molecule has 0 radical (unpaired) electrons. The summed E-state index contributed by atoms with van der Waals surface area (Å²) in [5.41, 5.74) is 6.40. The van der Waals surface area contributed by atoms with E-state index in [-0.39, 0.29) is 18.5 Å². The van der Waals surface area contributed by atoms with Gasteiger partial charge in [-0.25, -0.2) is 9.67 Å². The third-order valence-electron chi connectivity index (χ3n) is 7.25. The summed E-state index contributed by atoms with van der Waals surface area (Å²) < 4.78 is 1.91. The van der Waals surface area contributed by atoms with Crippen molar-refractivity contribution in [3.63, 3.8) is 0 Å². The predicted molar refractivity (Wildman–Crippen MR) is 141 cm³/mol. The second kappa shape index (κ2) is 10.8. The van der Waals surface area contributed by atoms with Crippen molar-refractivity contribution in [1.29, 1.82) is 0 Å². The van der Waals surface area contributed by atoms with Crippen LogP contribution in [0.15, 0.2) is 42.5 Å². The molecule has 1 aromatic carbocycles. The highest BCUT2D eigenvalue weighted by Crippen LogP contribution is 2.24. The molecule has 2 aliphatic rings. The number of aryl methyl sites for hydroxylation is 3. The van der Waals surface area contributed by atoms with Gasteiger partial charge in [0.25, 0.3) is 0 Å². The maximum absolute atomic E-state index is 11.7. The molecule has 3 aromatic rings. The molecule has 2 aromatic heterocycles. The molecule has 1 saturated heterocycles. The second-order valence-corrected chi connectivity index (χ2v) is 10.1. The molecule has 2 atom stereocenters. The van der Waals surface area contributed by atoms with Crippen LogP contribution in [0.5, 0.6) is 0 Å². The number of aromatic nitrogens is 3. The van der Waals surface area contributed by atoms with E-state index in [1.54, 1.807) is 0 Å². The lowest BCUT2D eigenvalue weighted by Gasteiger charge is -2.23. The number of hydrogen-bond acceptors (Lipinski definition) is 6. The lowest BCUT2D eigenvalue weighted by Crippen LogP contribution is -2.36. The van der Waals surface area contributed by atoms with E-state index in [1.807, 2.05) is 42.8 Å². The summed E-state index contributed by atoms with van der Waals surface area (Å²) in [6, 6.07) is 14.5. The molecule has 0 aliphatic carbocycles. The SMILES string of the molecule is Cc1cc(C)n(-c2cccc(C(CC(=O)O)NC3CCN(CCc4ccc5c(n4)NCCC5)C3)c2)n1. The molecule has 0 spiro atoms. The summed E-state index contributed by atoms with van der Waals surface area (Å²) in [6.07, 6.45) is 4.25. The smallest absolute Gasteiger partial charge is 0.305 e. The van der Waals surface area contributed by atoms with Crippen LogP contribution in [-0.2, 0) is 17.6 Å². The van der Waals surface area contributed by atoms with Crippen LogP contribution in [0.3, 0.4) is 0 Å². The number of likely N-dealkylation sites (tertiary alicyclic amines) is 1. The zero-order valence-corrected chi connectivity index (χ0v) is 21.2. The van der Waals surface area contributed by atoms with Gasteiger partial charge >= 0.3 is 5.97 Å². The van der Waals surface area contributed by atoms with Crippen molar-refractivity contribution < 1.29 is 9.90 Å². The van der Waals surface area contributed by atoms with Crippen LogP contribution in [0.1, 0.15) is 53.5 Å². The minimum atomic E-state index is -0.800. The number of nitrogens with one attached hydrogen (secondary N) is 2. The highest BCUT2D eigenvalue weighted by atomic mass is 16.4. The summed E-state index contributed by atoms with van der Waals surface area (Å²) in [5, 5.41) is 21.3. The number of aliphatic carboxylic acids is 1. The average Bonchev–Trinajstić information content (AvgIpc) is 3.47. The fourth-order valence-corrected chi connectivity index (χ4v) is 5.45. The van der Waals surface area contributed by atoms with Gasteiger partial charge in [-0.3, -0.25) is 4.79 Å². The number of carboxylic acids is 1. The van der Waals surface area contributed by atoms with E-state index in [1.165, 1.54) is 12.0 Å². The third-order valence-corrected chi connectivity index (χ3v) is 7.25. The number of carboxylic acid groups (broad SMARTS) is 1. The Hall–Kier alpha value is -3.23. The first-order valence-electron chi connectivity index (χ1n) is 13.0. The topological polar surface area (TPSA) is 95.3 Å². The van der Waals surface area contributed by atoms with Crippen LogP contribution in [0.2, 0.25) is 0 Å². The minimum Gasteiger partial charge on any atom is -0.481 e. The highest BCUT2D eigenvalue weighted by molar-refractivity contribution is 5.68. The summed E-state index contributed by atoms with van der Waals surface area (Å²) in [4.78, 5) is 19.0. The van der Waals surface area contributed by atoms with Gasteiger partial charge < -0.3 is 20.6 Å². The van der Waals surface area contributed by atoms with Crippen molar-refractivity contribution in [2.45, 2.75) is 58.0 Å². The van der Waals surface area contributed by atoms with Crippen LogP contribution in [0.25, 0.3) is 5.69 Å². The van der Waals surface area contributed by atoms with Crippen LogP contribution in [0.4, 0.5) is 5.82 Å². The van der Waals surface area contributed by atoms with E-state index >= 15 is 0 Å². The minimum absolute atomic E-state index is 0.0448. The van der Waals surface area contributed by atoms with E-state index in [9.17, 15) is 9.90 Å². The van der Waals surface area contributed by atoms with Crippen molar-refractivity contribution in [2.24, 2.45) is 0 Å². The Bertz CT molecular complexity index is 1220. The number of benzene rings is 1. The lowest BCUT2D eigenvalue weighted by molar-refractivity contribution is -0.137. The van der Waals surface area contributed by atoms with Gasteiger partial charge in [0.2, 0.25) is 0 Å². The third kappa shape index (κ3) is 5.77. The molecular formula is C28H36N6O2. The predicted octanol–water partition coefficient (Wildman–Crippen LogP) is 3.66. The molecule has 3 N–H and O–H groups in total. The Morgan fingerprint density at radius 3 is 2.94 bits per heavy atom. The van der Waals surface area contributed by atoms with Gasteiger partial charge in [0.05, 0.1) is 17.8 Å². The molecule has 2 unspecified atom stereocenters. The van der Waals surface area contributed by atoms with Crippen molar-refractivity contribution in [3.05, 3.63) is 70.7 Å². The Labute approximate surface area is 212 Å². The molecule has 36 heavy (non-hydrogen) atoms.